The predicted molar refractivity (Wildman–Crippen MR) is 112 cm³/mol. The minimum absolute atomic E-state index is 0.112. The molecule has 0 saturated heterocycles. The summed E-state index contributed by atoms with van der Waals surface area (Å²) >= 11 is 0. The Balaban J connectivity index is 2.54. The van der Waals surface area contributed by atoms with Crippen LogP contribution in [-0.2, 0) is 4.74 Å². The van der Waals surface area contributed by atoms with E-state index in [0.29, 0.717) is 6.42 Å². The zero-order chi connectivity index (χ0) is 24.3. The molecule has 0 heterocycles. The van der Waals surface area contributed by atoms with E-state index >= 15 is 0 Å². The number of methoxy groups -OCH3 is 1. The van der Waals surface area contributed by atoms with E-state index in [1.807, 2.05) is 13.8 Å². The molecule has 0 bridgehead atoms. The summed E-state index contributed by atoms with van der Waals surface area (Å²) < 4.78 is 76.6. The maximum absolute atomic E-state index is 13.6. The van der Waals surface area contributed by atoms with Gasteiger partial charge in [-0.2, -0.15) is 8.78 Å². The third kappa shape index (κ3) is 8.22. The van der Waals surface area contributed by atoms with E-state index in [1.165, 1.54) is 25.7 Å². The van der Waals surface area contributed by atoms with Crippen LogP contribution in [-0.4, -0.2) is 25.3 Å². The molecular weight excluding hydrogens is 433 g/mol. The van der Waals surface area contributed by atoms with Crippen molar-refractivity contribution in [3.63, 3.8) is 0 Å². The topological polar surface area (TPSA) is 47.6 Å². The van der Waals surface area contributed by atoms with E-state index in [-0.39, 0.29) is 18.1 Å². The average molecular weight is 468 g/mol. The zero-order valence-corrected chi connectivity index (χ0v) is 19.3. The van der Waals surface area contributed by atoms with Gasteiger partial charge in [0.25, 0.3) is 0 Å². The summed E-state index contributed by atoms with van der Waals surface area (Å²) in [6.45, 7) is 6.28. The highest BCUT2D eigenvalue weighted by Gasteiger charge is 2.30. The third-order valence-electron chi connectivity index (χ3n) is 5.78. The van der Waals surface area contributed by atoms with Gasteiger partial charge in [0.05, 0.1) is 5.60 Å². The number of nitrogens with one attached hydrogen (secondary N) is 1. The normalized spacial score (nSPS) is 12.7. The summed E-state index contributed by atoms with van der Waals surface area (Å²) in [4.78, 5) is 11.8. The van der Waals surface area contributed by atoms with Crippen molar-refractivity contribution in [3.05, 3.63) is 29.1 Å². The molecule has 9 heteroatoms. The Labute approximate surface area is 186 Å². The van der Waals surface area contributed by atoms with Crippen molar-refractivity contribution in [1.82, 2.24) is 5.32 Å². The first-order chi connectivity index (χ1) is 15.1. The summed E-state index contributed by atoms with van der Waals surface area (Å²) in [5, 5.41) is 2.28. The fraction of sp³-hybridized carbons (Fsp3) is 0.696. The number of hydrogen-bond acceptors (Lipinski definition) is 3. The molecule has 0 spiro atoms. The van der Waals surface area contributed by atoms with Crippen LogP contribution in [0.25, 0.3) is 0 Å². The molecule has 0 fully saturated rings. The largest absolute Gasteiger partial charge is 0.412 e. The monoisotopic (exact) mass is 467 g/mol. The first-order valence-corrected chi connectivity index (χ1v) is 11.1. The van der Waals surface area contributed by atoms with Gasteiger partial charge >= 0.3 is 6.09 Å². The molecule has 0 aromatic heterocycles. The van der Waals surface area contributed by atoms with Gasteiger partial charge in [-0.15, -0.1) is 0 Å². The van der Waals surface area contributed by atoms with Crippen molar-refractivity contribution in [2.45, 2.75) is 84.2 Å². The van der Waals surface area contributed by atoms with Gasteiger partial charge in [-0.3, -0.25) is 0 Å². The van der Waals surface area contributed by atoms with E-state index in [4.69, 9.17) is 4.74 Å². The molecule has 0 aliphatic heterocycles. The Morgan fingerprint density at radius 2 is 1.34 bits per heavy atom. The molecule has 1 atom stereocenters. The van der Waals surface area contributed by atoms with Gasteiger partial charge in [0, 0.05) is 13.7 Å². The highest BCUT2D eigenvalue weighted by Crippen LogP contribution is 2.31. The number of carbonyl (C=O) groups excluding carboxylic acids is 1. The molecule has 1 N–H and O–H groups in total. The summed E-state index contributed by atoms with van der Waals surface area (Å²) in [6.07, 6.45) is 7.97. The van der Waals surface area contributed by atoms with Gasteiger partial charge in [-0.25, -0.2) is 18.0 Å². The van der Waals surface area contributed by atoms with E-state index in [9.17, 15) is 26.7 Å². The number of amides is 1. The standard InChI is InChI=1S/C23H34F5NO3/c1-5-6-7-8-9-10-12-15(23(2,3)31-4)13-11-14-29-22(30)32-21-19(27)17(25)16(24)18(26)20(21)28/h15H,5-14H2,1-4H3,(H,29,30). The average Bonchev–Trinajstić information content (AvgIpc) is 2.77. The van der Waals surface area contributed by atoms with Crippen LogP contribution in [0, 0.1) is 35.0 Å². The fourth-order valence-electron chi connectivity index (χ4n) is 3.52. The number of benzene rings is 1. The van der Waals surface area contributed by atoms with Gasteiger partial charge in [-0.1, -0.05) is 45.4 Å². The van der Waals surface area contributed by atoms with Crippen LogP contribution in [0.3, 0.4) is 0 Å². The second-order valence-corrected chi connectivity index (χ2v) is 8.42. The zero-order valence-electron chi connectivity index (χ0n) is 19.3. The Morgan fingerprint density at radius 3 is 1.91 bits per heavy atom. The number of unbranched alkanes of at least 4 members (excludes halogenated alkanes) is 5. The Morgan fingerprint density at radius 1 is 0.844 bits per heavy atom. The SMILES string of the molecule is CCCCCCCCC(CCCNC(=O)Oc1c(F)c(F)c(F)c(F)c1F)C(C)(C)OC. The minimum Gasteiger partial charge on any atom is -0.404 e. The van der Waals surface area contributed by atoms with Gasteiger partial charge in [0.2, 0.25) is 34.8 Å². The van der Waals surface area contributed by atoms with E-state index < -0.39 is 40.9 Å². The number of rotatable bonds is 14. The Bertz CT molecular complexity index is 714. The van der Waals surface area contributed by atoms with Gasteiger partial charge < -0.3 is 14.8 Å². The quantitative estimate of drug-likeness (QED) is 0.138. The van der Waals surface area contributed by atoms with E-state index in [0.717, 1.165) is 25.7 Å². The van der Waals surface area contributed by atoms with Crippen LogP contribution in [0.15, 0.2) is 0 Å². The molecule has 0 aliphatic carbocycles. The number of ether oxygens (including phenoxy) is 2. The molecule has 0 saturated carbocycles. The molecule has 0 radical (unpaired) electrons. The number of halogens is 5. The lowest BCUT2D eigenvalue weighted by Gasteiger charge is -2.33. The fourth-order valence-corrected chi connectivity index (χ4v) is 3.52. The van der Waals surface area contributed by atoms with Crippen molar-refractivity contribution in [1.29, 1.82) is 0 Å². The summed E-state index contributed by atoms with van der Waals surface area (Å²) in [6, 6.07) is 0. The number of carbonyl (C=O) groups is 1. The summed E-state index contributed by atoms with van der Waals surface area (Å²) in [5.74, 6) is -12.5. The van der Waals surface area contributed by atoms with Crippen molar-refractivity contribution >= 4 is 6.09 Å². The molecule has 1 amide bonds. The lowest BCUT2D eigenvalue weighted by molar-refractivity contribution is -0.0349. The maximum Gasteiger partial charge on any atom is 0.412 e. The van der Waals surface area contributed by atoms with Crippen LogP contribution in [0.5, 0.6) is 5.75 Å². The third-order valence-corrected chi connectivity index (χ3v) is 5.78. The Hall–Kier alpha value is -1.90. The van der Waals surface area contributed by atoms with Crippen molar-refractivity contribution in [2.75, 3.05) is 13.7 Å². The van der Waals surface area contributed by atoms with E-state index in [1.54, 1.807) is 7.11 Å². The molecule has 1 aromatic carbocycles. The van der Waals surface area contributed by atoms with Crippen LogP contribution in [0.2, 0.25) is 0 Å². The molecular formula is C23H34F5NO3. The number of hydrogen-bond donors (Lipinski definition) is 1. The molecule has 32 heavy (non-hydrogen) atoms. The highest BCUT2D eigenvalue weighted by atomic mass is 19.2. The minimum atomic E-state index is -2.31. The smallest absolute Gasteiger partial charge is 0.404 e. The highest BCUT2D eigenvalue weighted by molar-refractivity contribution is 5.70. The van der Waals surface area contributed by atoms with Gasteiger partial charge in [0.15, 0.2) is 0 Å². The second kappa shape index (κ2) is 13.6. The predicted octanol–water partition coefficient (Wildman–Crippen LogP) is 7.04. The van der Waals surface area contributed by atoms with Gasteiger partial charge in [-0.05, 0) is 39.0 Å². The molecule has 184 valence electrons. The van der Waals surface area contributed by atoms with Crippen LogP contribution in [0.4, 0.5) is 26.7 Å². The first kappa shape index (κ1) is 28.1. The van der Waals surface area contributed by atoms with Gasteiger partial charge in [0.1, 0.15) is 0 Å². The summed E-state index contributed by atoms with van der Waals surface area (Å²) in [7, 11) is 1.65. The molecule has 1 aromatic rings. The molecule has 1 unspecified atom stereocenters. The molecule has 4 nitrogen and oxygen atoms in total. The first-order valence-electron chi connectivity index (χ1n) is 11.1. The lowest BCUT2D eigenvalue weighted by atomic mass is 9.82. The van der Waals surface area contributed by atoms with E-state index in [2.05, 4.69) is 17.0 Å². The summed E-state index contributed by atoms with van der Waals surface area (Å²) in [5.41, 5.74) is -0.362. The van der Waals surface area contributed by atoms with Crippen LogP contribution >= 0.6 is 0 Å². The van der Waals surface area contributed by atoms with Crippen LogP contribution in [0.1, 0.15) is 78.6 Å². The van der Waals surface area contributed by atoms with Crippen molar-refractivity contribution in [2.24, 2.45) is 5.92 Å². The van der Waals surface area contributed by atoms with Crippen molar-refractivity contribution in [3.8, 4) is 5.75 Å². The Kier molecular flexibility index (Phi) is 12.0. The van der Waals surface area contributed by atoms with Crippen LogP contribution < -0.4 is 10.1 Å². The second-order valence-electron chi connectivity index (χ2n) is 8.42. The molecule has 0 aliphatic rings. The van der Waals surface area contributed by atoms with Crippen molar-refractivity contribution < 1.29 is 36.2 Å². The maximum atomic E-state index is 13.6. The lowest BCUT2D eigenvalue weighted by Crippen LogP contribution is -2.34. The molecule has 1 rings (SSSR count).